The van der Waals surface area contributed by atoms with Crippen LogP contribution in [0.3, 0.4) is 0 Å². The summed E-state index contributed by atoms with van der Waals surface area (Å²) in [6, 6.07) is 11.1. The molecule has 1 aromatic carbocycles. The van der Waals surface area contributed by atoms with Gasteiger partial charge in [0.05, 0.1) is 0 Å². The second-order valence-electron chi connectivity index (χ2n) is 4.41. The van der Waals surface area contributed by atoms with Crippen LogP contribution in [-0.4, -0.2) is 22.8 Å². The highest BCUT2D eigenvalue weighted by molar-refractivity contribution is 5.78. The molecule has 0 bridgehead atoms. The highest BCUT2D eigenvalue weighted by Crippen LogP contribution is 2.03. The van der Waals surface area contributed by atoms with Crippen molar-refractivity contribution in [2.75, 3.05) is 12.1 Å². The third kappa shape index (κ3) is 3.79. The number of aromatic amines is 1. The molecule has 1 N–H and O–H groups in total. The van der Waals surface area contributed by atoms with Crippen molar-refractivity contribution >= 4 is 18.1 Å². The van der Waals surface area contributed by atoms with E-state index in [9.17, 15) is 9.59 Å². The molecule has 2 aromatic rings. The summed E-state index contributed by atoms with van der Waals surface area (Å²) in [6.07, 6.45) is 5.28. The number of allylic oxidation sites excluding steroid dienone is 1. The predicted octanol–water partition coefficient (Wildman–Crippen LogP) is 1.21. The summed E-state index contributed by atoms with van der Waals surface area (Å²) < 4.78 is 0.996. The van der Waals surface area contributed by atoms with Crippen LogP contribution in [0.2, 0.25) is 0 Å². The Kier molecular flexibility index (Phi) is 4.50. The van der Waals surface area contributed by atoms with Crippen molar-refractivity contribution in [3.63, 3.8) is 0 Å². The molecule has 0 aliphatic rings. The lowest BCUT2D eigenvalue weighted by Gasteiger charge is -2.11. The lowest BCUT2D eigenvalue weighted by Crippen LogP contribution is -2.33. The van der Waals surface area contributed by atoms with Gasteiger partial charge < -0.3 is 0 Å². The van der Waals surface area contributed by atoms with Crippen LogP contribution in [0.15, 0.2) is 57.2 Å². The minimum Gasteiger partial charge on any atom is -0.292 e. The molecule has 0 aliphatic carbocycles. The summed E-state index contributed by atoms with van der Waals surface area (Å²) in [5.74, 6) is 0.340. The molecule has 1 heterocycles. The monoisotopic (exact) mass is 284 g/mol. The minimum atomic E-state index is -0.473. The number of anilines is 1. The Morgan fingerprint density at radius 2 is 1.95 bits per heavy atom. The first-order valence-electron chi connectivity index (χ1n) is 6.38. The maximum absolute atomic E-state index is 11.5. The van der Waals surface area contributed by atoms with Gasteiger partial charge in [-0.1, -0.05) is 36.4 Å². The van der Waals surface area contributed by atoms with Gasteiger partial charge in [-0.25, -0.2) is 4.79 Å². The van der Waals surface area contributed by atoms with Gasteiger partial charge in [0.25, 0.3) is 5.56 Å². The molecule has 21 heavy (non-hydrogen) atoms. The van der Waals surface area contributed by atoms with Crippen molar-refractivity contribution in [3.05, 3.63) is 68.9 Å². The van der Waals surface area contributed by atoms with E-state index in [4.69, 9.17) is 0 Å². The van der Waals surface area contributed by atoms with Gasteiger partial charge in [0.15, 0.2) is 0 Å². The van der Waals surface area contributed by atoms with E-state index in [1.807, 2.05) is 36.4 Å². The SMILES string of the molecule is CN(/N=C\C=C\c1ccccc1)c1cc(=O)n(C)c(=O)[nH]1. The largest absolute Gasteiger partial charge is 0.329 e. The van der Waals surface area contributed by atoms with E-state index in [1.54, 1.807) is 19.3 Å². The Bertz CT molecular complexity index is 741. The Morgan fingerprint density at radius 1 is 1.24 bits per heavy atom. The topological polar surface area (TPSA) is 70.5 Å². The van der Waals surface area contributed by atoms with Crippen LogP contribution in [0.25, 0.3) is 6.08 Å². The highest BCUT2D eigenvalue weighted by atomic mass is 16.2. The zero-order chi connectivity index (χ0) is 15.2. The van der Waals surface area contributed by atoms with Gasteiger partial charge in [-0.2, -0.15) is 5.10 Å². The first kappa shape index (κ1) is 14.5. The van der Waals surface area contributed by atoms with Crippen LogP contribution in [0, 0.1) is 0 Å². The van der Waals surface area contributed by atoms with Gasteiger partial charge in [0, 0.05) is 26.4 Å². The van der Waals surface area contributed by atoms with Gasteiger partial charge >= 0.3 is 5.69 Å². The number of hydrogen-bond donors (Lipinski definition) is 1. The molecule has 0 radical (unpaired) electrons. The number of hydrazone groups is 1. The zero-order valence-electron chi connectivity index (χ0n) is 11.9. The van der Waals surface area contributed by atoms with Crippen LogP contribution >= 0.6 is 0 Å². The van der Waals surface area contributed by atoms with Crippen LogP contribution < -0.4 is 16.3 Å². The average Bonchev–Trinajstić information content (AvgIpc) is 2.49. The summed E-state index contributed by atoms with van der Waals surface area (Å²) in [5.41, 5.74) is 0.212. The standard InChI is InChI=1S/C15H16N4O2/c1-18-14(20)11-13(17-15(18)21)19(2)16-10-6-9-12-7-4-3-5-8-12/h3-11H,1-2H3,(H,17,21)/b9-6+,16-10-. The van der Waals surface area contributed by atoms with Crippen LogP contribution in [-0.2, 0) is 7.05 Å². The first-order chi connectivity index (χ1) is 10.1. The minimum absolute atomic E-state index is 0.340. The molecule has 0 fully saturated rings. The molecule has 0 spiro atoms. The van der Waals surface area contributed by atoms with Crippen LogP contribution in [0.1, 0.15) is 5.56 Å². The fourth-order valence-electron chi connectivity index (χ4n) is 1.64. The molecule has 1 aromatic heterocycles. The second kappa shape index (κ2) is 6.51. The van der Waals surface area contributed by atoms with Gasteiger partial charge in [0.1, 0.15) is 5.82 Å². The van der Waals surface area contributed by atoms with Gasteiger partial charge in [-0.3, -0.25) is 19.4 Å². The average molecular weight is 284 g/mol. The number of H-pyrrole nitrogens is 1. The van der Waals surface area contributed by atoms with Crippen molar-refractivity contribution < 1.29 is 0 Å². The normalized spacial score (nSPS) is 11.3. The van der Waals surface area contributed by atoms with E-state index in [0.29, 0.717) is 5.82 Å². The second-order valence-corrected chi connectivity index (χ2v) is 4.41. The predicted molar refractivity (Wildman–Crippen MR) is 84.7 cm³/mol. The Balaban J connectivity index is 2.09. The summed E-state index contributed by atoms with van der Waals surface area (Å²) in [6.45, 7) is 0. The van der Waals surface area contributed by atoms with E-state index in [1.165, 1.54) is 18.1 Å². The van der Waals surface area contributed by atoms with E-state index in [2.05, 4.69) is 10.1 Å². The molecule has 6 nitrogen and oxygen atoms in total. The maximum Gasteiger partial charge on any atom is 0.329 e. The van der Waals surface area contributed by atoms with Crippen molar-refractivity contribution in [3.8, 4) is 0 Å². The molecule has 2 rings (SSSR count). The third-order valence-electron chi connectivity index (χ3n) is 2.89. The lowest BCUT2D eigenvalue weighted by molar-refractivity contribution is 0.766. The Labute approximate surface area is 121 Å². The molecular formula is C15H16N4O2. The van der Waals surface area contributed by atoms with E-state index >= 15 is 0 Å². The molecule has 0 saturated heterocycles. The van der Waals surface area contributed by atoms with Gasteiger partial charge in [-0.05, 0) is 11.6 Å². The smallest absolute Gasteiger partial charge is 0.292 e. The number of hydrogen-bond acceptors (Lipinski definition) is 4. The fraction of sp³-hybridized carbons (Fsp3) is 0.133. The van der Waals surface area contributed by atoms with Crippen molar-refractivity contribution in [2.24, 2.45) is 12.1 Å². The number of aromatic nitrogens is 2. The number of benzene rings is 1. The van der Waals surface area contributed by atoms with Gasteiger partial charge in [0.2, 0.25) is 0 Å². The van der Waals surface area contributed by atoms with Crippen molar-refractivity contribution in [1.29, 1.82) is 0 Å². The van der Waals surface area contributed by atoms with Gasteiger partial charge in [-0.15, -0.1) is 0 Å². The van der Waals surface area contributed by atoms with Crippen LogP contribution in [0.5, 0.6) is 0 Å². The summed E-state index contributed by atoms with van der Waals surface area (Å²) in [5, 5.41) is 5.55. The quantitative estimate of drug-likeness (QED) is 0.677. The molecule has 0 amide bonds. The third-order valence-corrected chi connectivity index (χ3v) is 2.89. The summed E-state index contributed by atoms with van der Waals surface area (Å²) >= 11 is 0. The highest BCUT2D eigenvalue weighted by Gasteiger charge is 2.03. The summed E-state index contributed by atoms with van der Waals surface area (Å²) in [7, 11) is 3.06. The maximum atomic E-state index is 11.5. The molecule has 0 unspecified atom stereocenters. The first-order valence-corrected chi connectivity index (χ1v) is 6.38. The summed E-state index contributed by atoms with van der Waals surface area (Å²) in [4.78, 5) is 25.6. The molecule has 0 atom stereocenters. The van der Waals surface area contributed by atoms with Crippen LogP contribution in [0.4, 0.5) is 5.82 Å². The Hall–Kier alpha value is -2.89. The molecule has 0 saturated carbocycles. The molecule has 0 aliphatic heterocycles. The lowest BCUT2D eigenvalue weighted by atomic mass is 10.2. The van der Waals surface area contributed by atoms with E-state index < -0.39 is 5.69 Å². The molecule has 6 heteroatoms. The van der Waals surface area contributed by atoms with E-state index in [-0.39, 0.29) is 5.56 Å². The van der Waals surface area contributed by atoms with Crippen molar-refractivity contribution in [1.82, 2.24) is 9.55 Å². The van der Waals surface area contributed by atoms with Crippen molar-refractivity contribution in [2.45, 2.75) is 0 Å². The fourth-order valence-corrected chi connectivity index (χ4v) is 1.64. The molecular weight excluding hydrogens is 268 g/mol. The number of nitrogens with one attached hydrogen (secondary N) is 1. The number of nitrogens with zero attached hydrogens (tertiary/aromatic N) is 3. The Morgan fingerprint density at radius 3 is 2.62 bits per heavy atom. The molecule has 108 valence electrons. The number of rotatable bonds is 4. The van der Waals surface area contributed by atoms with E-state index in [0.717, 1.165) is 10.1 Å². The zero-order valence-corrected chi connectivity index (χ0v) is 11.9.